The molecule has 21 heavy (non-hydrogen) atoms. The van der Waals surface area contributed by atoms with E-state index in [1.807, 2.05) is 38.1 Å². The molecule has 0 bridgehead atoms. The largest absolute Gasteiger partial charge is 0.341 e. The molecule has 2 aromatic rings. The molecule has 0 radical (unpaired) electrons. The van der Waals surface area contributed by atoms with Gasteiger partial charge in [0.15, 0.2) is 0 Å². The fraction of sp³-hybridized carbons (Fsp3) is 0.375. The van der Waals surface area contributed by atoms with Crippen LogP contribution in [0.15, 0.2) is 24.3 Å². The van der Waals surface area contributed by atoms with Crippen molar-refractivity contribution >= 4 is 29.1 Å². The molecule has 0 fully saturated rings. The van der Waals surface area contributed by atoms with Gasteiger partial charge in [0.05, 0.1) is 0 Å². The summed E-state index contributed by atoms with van der Waals surface area (Å²) in [6.07, 6.45) is 0. The Morgan fingerprint density at radius 1 is 1.10 bits per heavy atom. The fourth-order valence-corrected chi connectivity index (χ4v) is 2.40. The molecule has 0 saturated carbocycles. The van der Waals surface area contributed by atoms with Gasteiger partial charge in [-0.1, -0.05) is 11.6 Å². The van der Waals surface area contributed by atoms with E-state index in [4.69, 9.17) is 11.6 Å². The van der Waals surface area contributed by atoms with E-state index >= 15 is 0 Å². The van der Waals surface area contributed by atoms with E-state index in [0.29, 0.717) is 0 Å². The van der Waals surface area contributed by atoms with Crippen LogP contribution in [-0.2, 0) is 0 Å². The maximum absolute atomic E-state index is 5.99. The summed E-state index contributed by atoms with van der Waals surface area (Å²) >= 11 is 5.99. The van der Waals surface area contributed by atoms with E-state index in [9.17, 15) is 0 Å². The molecule has 1 aromatic carbocycles. The zero-order valence-electron chi connectivity index (χ0n) is 12.9. The Hall–Kier alpha value is -1.81. The lowest BCUT2D eigenvalue weighted by molar-refractivity contribution is 0.817. The summed E-state index contributed by atoms with van der Waals surface area (Å²) in [5.41, 5.74) is 3.03. The Morgan fingerprint density at radius 3 is 2.43 bits per heavy atom. The van der Waals surface area contributed by atoms with Gasteiger partial charge in [-0.05, 0) is 51.5 Å². The molecule has 0 unspecified atom stereocenters. The molecule has 0 atom stereocenters. The highest BCUT2D eigenvalue weighted by atomic mass is 35.5. The van der Waals surface area contributed by atoms with E-state index in [1.165, 1.54) is 0 Å². The van der Waals surface area contributed by atoms with E-state index < -0.39 is 0 Å². The second-order valence-electron chi connectivity index (χ2n) is 4.95. The number of rotatable bonds is 5. The summed E-state index contributed by atoms with van der Waals surface area (Å²) in [5.74, 6) is 1.56. The van der Waals surface area contributed by atoms with Gasteiger partial charge in [0.1, 0.15) is 5.82 Å². The molecular formula is C16H21ClN4. The number of nitrogens with zero attached hydrogens (tertiary/aromatic N) is 3. The normalized spacial score (nSPS) is 10.5. The number of hydrogen-bond donors (Lipinski definition) is 1. The molecule has 0 amide bonds. The minimum absolute atomic E-state index is 0.737. The molecule has 5 heteroatoms. The average Bonchev–Trinajstić information content (AvgIpc) is 2.43. The van der Waals surface area contributed by atoms with Crippen molar-refractivity contribution in [3.8, 4) is 0 Å². The van der Waals surface area contributed by atoms with Crippen LogP contribution in [0.4, 0.5) is 17.5 Å². The van der Waals surface area contributed by atoms with Gasteiger partial charge in [-0.15, -0.1) is 0 Å². The molecule has 0 spiro atoms. The highest BCUT2D eigenvalue weighted by molar-refractivity contribution is 6.30. The van der Waals surface area contributed by atoms with Crippen molar-refractivity contribution in [2.24, 2.45) is 0 Å². The number of aryl methyl sites for hydroxylation is 2. The zero-order chi connectivity index (χ0) is 15.4. The lowest BCUT2D eigenvalue weighted by atomic mass is 10.2. The molecule has 0 aliphatic heterocycles. The number of aromatic nitrogens is 2. The second kappa shape index (κ2) is 6.76. The third-order valence-corrected chi connectivity index (χ3v) is 3.57. The Kier molecular flexibility index (Phi) is 5.02. The Morgan fingerprint density at radius 2 is 1.81 bits per heavy atom. The number of benzene rings is 1. The molecule has 4 nitrogen and oxygen atoms in total. The van der Waals surface area contributed by atoms with Crippen LogP contribution in [0.1, 0.15) is 25.1 Å². The van der Waals surface area contributed by atoms with Crippen LogP contribution in [0.2, 0.25) is 5.02 Å². The Labute approximate surface area is 131 Å². The van der Waals surface area contributed by atoms with E-state index in [0.717, 1.165) is 46.8 Å². The van der Waals surface area contributed by atoms with Gasteiger partial charge in [-0.3, -0.25) is 0 Å². The number of halogens is 1. The van der Waals surface area contributed by atoms with Crippen LogP contribution in [0.5, 0.6) is 0 Å². The van der Waals surface area contributed by atoms with Crippen LogP contribution < -0.4 is 10.2 Å². The topological polar surface area (TPSA) is 41.1 Å². The maximum atomic E-state index is 5.99. The monoisotopic (exact) mass is 304 g/mol. The highest BCUT2D eigenvalue weighted by Crippen LogP contribution is 2.24. The molecule has 1 aromatic heterocycles. The first-order valence-corrected chi connectivity index (χ1v) is 7.55. The van der Waals surface area contributed by atoms with Crippen molar-refractivity contribution in [2.75, 3.05) is 23.3 Å². The molecule has 1 N–H and O–H groups in total. The van der Waals surface area contributed by atoms with Crippen molar-refractivity contribution < 1.29 is 0 Å². The first kappa shape index (κ1) is 15.6. The summed E-state index contributed by atoms with van der Waals surface area (Å²) in [4.78, 5) is 11.2. The molecule has 2 rings (SSSR count). The van der Waals surface area contributed by atoms with Crippen LogP contribution in [0.25, 0.3) is 0 Å². The minimum atomic E-state index is 0.737. The molecule has 0 saturated heterocycles. The van der Waals surface area contributed by atoms with E-state index in [-0.39, 0.29) is 0 Å². The minimum Gasteiger partial charge on any atom is -0.341 e. The van der Waals surface area contributed by atoms with Crippen molar-refractivity contribution in [2.45, 2.75) is 27.7 Å². The van der Waals surface area contributed by atoms with Gasteiger partial charge in [-0.25, -0.2) is 4.98 Å². The predicted molar refractivity (Wildman–Crippen MR) is 89.8 cm³/mol. The fourth-order valence-electron chi connectivity index (χ4n) is 2.17. The maximum Gasteiger partial charge on any atom is 0.227 e. The summed E-state index contributed by atoms with van der Waals surface area (Å²) in [7, 11) is 0. The van der Waals surface area contributed by atoms with Gasteiger partial charge in [-0.2, -0.15) is 4.98 Å². The van der Waals surface area contributed by atoms with Gasteiger partial charge in [0.2, 0.25) is 5.95 Å². The van der Waals surface area contributed by atoms with Crippen molar-refractivity contribution in [3.05, 3.63) is 40.5 Å². The quantitative estimate of drug-likeness (QED) is 0.892. The van der Waals surface area contributed by atoms with Gasteiger partial charge in [0.25, 0.3) is 0 Å². The number of anilines is 3. The van der Waals surface area contributed by atoms with Gasteiger partial charge >= 0.3 is 0 Å². The van der Waals surface area contributed by atoms with Crippen LogP contribution in [0, 0.1) is 13.8 Å². The Balaban J connectivity index is 2.31. The average molecular weight is 305 g/mol. The first-order valence-electron chi connectivity index (χ1n) is 7.17. The zero-order valence-corrected chi connectivity index (χ0v) is 13.7. The standard InChI is InChI=1S/C16H21ClN4/c1-5-21(6-2)16-18-12(4)10-15(20-16)19-14-8-7-13(17)9-11(14)3/h7-10H,5-6H2,1-4H3,(H,18,19,20). The summed E-state index contributed by atoms with van der Waals surface area (Å²) < 4.78 is 0. The lowest BCUT2D eigenvalue weighted by Gasteiger charge is -2.20. The van der Waals surface area contributed by atoms with Crippen LogP contribution in [0.3, 0.4) is 0 Å². The summed E-state index contributed by atoms with van der Waals surface area (Å²) in [6.45, 7) is 9.98. The van der Waals surface area contributed by atoms with Crippen molar-refractivity contribution in [1.29, 1.82) is 0 Å². The van der Waals surface area contributed by atoms with Crippen molar-refractivity contribution in [1.82, 2.24) is 9.97 Å². The third-order valence-electron chi connectivity index (χ3n) is 3.34. The predicted octanol–water partition coefficient (Wildman–Crippen LogP) is 4.34. The van der Waals surface area contributed by atoms with Gasteiger partial charge < -0.3 is 10.2 Å². The van der Waals surface area contributed by atoms with E-state index in [1.54, 1.807) is 0 Å². The summed E-state index contributed by atoms with van der Waals surface area (Å²) in [6, 6.07) is 7.71. The number of nitrogens with one attached hydrogen (secondary N) is 1. The highest BCUT2D eigenvalue weighted by Gasteiger charge is 2.09. The Bertz CT molecular complexity index is 624. The van der Waals surface area contributed by atoms with Crippen LogP contribution >= 0.6 is 11.6 Å². The van der Waals surface area contributed by atoms with E-state index in [2.05, 4.69) is 34.0 Å². The molecule has 0 aliphatic rings. The molecule has 1 heterocycles. The van der Waals surface area contributed by atoms with Gasteiger partial charge in [0, 0.05) is 35.6 Å². The number of hydrogen-bond acceptors (Lipinski definition) is 4. The third kappa shape index (κ3) is 3.85. The van der Waals surface area contributed by atoms with Crippen molar-refractivity contribution in [3.63, 3.8) is 0 Å². The summed E-state index contributed by atoms with van der Waals surface area (Å²) in [5, 5.41) is 4.08. The SMILES string of the molecule is CCN(CC)c1nc(C)cc(Nc2ccc(Cl)cc2C)n1. The smallest absolute Gasteiger partial charge is 0.227 e. The second-order valence-corrected chi connectivity index (χ2v) is 5.39. The van der Waals surface area contributed by atoms with Crippen LogP contribution in [-0.4, -0.2) is 23.1 Å². The molecular weight excluding hydrogens is 284 g/mol. The molecule has 112 valence electrons. The lowest BCUT2D eigenvalue weighted by Crippen LogP contribution is -2.24. The first-order chi connectivity index (χ1) is 10.0. The molecule has 0 aliphatic carbocycles.